The largest absolute Gasteiger partial charge is 0.369 e. The molecule has 6 heteroatoms. The summed E-state index contributed by atoms with van der Waals surface area (Å²) in [6.45, 7) is 1.91. The summed E-state index contributed by atoms with van der Waals surface area (Å²) in [4.78, 5) is 11.6. The van der Waals surface area contributed by atoms with Gasteiger partial charge in [0.2, 0.25) is 5.91 Å². The molecule has 18 heavy (non-hydrogen) atoms. The normalized spacial score (nSPS) is 12.8. The Hall–Kier alpha value is -0.620. The van der Waals surface area contributed by atoms with E-state index in [1.807, 2.05) is 6.92 Å². The first kappa shape index (κ1) is 15.4. The van der Waals surface area contributed by atoms with Gasteiger partial charge in [0, 0.05) is 23.7 Å². The summed E-state index contributed by atoms with van der Waals surface area (Å²) in [7, 11) is 2.89. The number of hydrogen-bond acceptors (Lipinski definition) is 3. The van der Waals surface area contributed by atoms with E-state index < -0.39 is 18.1 Å². The number of benzene rings is 1. The highest BCUT2D eigenvalue weighted by molar-refractivity contribution is 9.10. The van der Waals surface area contributed by atoms with Crippen LogP contribution in [0.15, 0.2) is 16.6 Å². The zero-order valence-electron chi connectivity index (χ0n) is 10.4. The Morgan fingerprint density at radius 1 is 1.39 bits per heavy atom. The third kappa shape index (κ3) is 3.23. The van der Waals surface area contributed by atoms with Crippen LogP contribution in [-0.4, -0.2) is 26.4 Å². The van der Waals surface area contributed by atoms with Crippen molar-refractivity contribution in [3.63, 3.8) is 0 Å². The summed E-state index contributed by atoms with van der Waals surface area (Å²) < 4.78 is 11.1. The van der Waals surface area contributed by atoms with Gasteiger partial charge in [0.05, 0.1) is 0 Å². The van der Waals surface area contributed by atoms with Crippen molar-refractivity contribution >= 4 is 33.4 Å². The monoisotopic (exact) mass is 335 g/mol. The maximum absolute atomic E-state index is 11.6. The SMILES string of the molecule is COC(OC)C(C(N)=O)c1cc(Br)c(C)cc1Cl. The summed E-state index contributed by atoms with van der Waals surface area (Å²) in [5, 5.41) is 0.457. The Labute approximate surface area is 120 Å². The quantitative estimate of drug-likeness (QED) is 0.841. The van der Waals surface area contributed by atoms with Gasteiger partial charge in [0.1, 0.15) is 5.92 Å². The number of aryl methyl sites for hydroxylation is 1. The summed E-state index contributed by atoms with van der Waals surface area (Å²) in [6.07, 6.45) is -0.769. The summed E-state index contributed by atoms with van der Waals surface area (Å²) in [5.41, 5.74) is 6.95. The van der Waals surface area contributed by atoms with E-state index in [2.05, 4.69) is 15.9 Å². The number of amides is 1. The highest BCUT2D eigenvalue weighted by atomic mass is 79.9. The number of nitrogens with two attached hydrogens (primary N) is 1. The van der Waals surface area contributed by atoms with Crippen molar-refractivity contribution < 1.29 is 14.3 Å². The van der Waals surface area contributed by atoms with Crippen LogP contribution in [-0.2, 0) is 14.3 Å². The molecule has 0 bridgehead atoms. The molecule has 4 nitrogen and oxygen atoms in total. The predicted octanol–water partition coefficient (Wildman–Crippen LogP) is 2.60. The standard InChI is InChI=1S/C12H15BrClNO3/c1-6-4-9(14)7(5-8(6)13)10(11(15)16)12(17-2)18-3/h4-5,10,12H,1-3H3,(H2,15,16). The molecule has 1 atom stereocenters. The Morgan fingerprint density at radius 3 is 2.39 bits per heavy atom. The molecular formula is C12H15BrClNO3. The molecule has 100 valence electrons. The molecule has 0 radical (unpaired) electrons. The fraction of sp³-hybridized carbons (Fsp3) is 0.417. The Kier molecular flexibility index (Phi) is 5.59. The van der Waals surface area contributed by atoms with Crippen LogP contribution >= 0.6 is 27.5 Å². The van der Waals surface area contributed by atoms with Crippen LogP contribution in [0, 0.1) is 6.92 Å². The Balaban J connectivity index is 3.30. The van der Waals surface area contributed by atoms with Crippen molar-refractivity contribution in [1.29, 1.82) is 0 Å². The van der Waals surface area contributed by atoms with Gasteiger partial charge in [-0.3, -0.25) is 4.79 Å². The maximum Gasteiger partial charge on any atom is 0.230 e. The topological polar surface area (TPSA) is 61.6 Å². The first-order valence-corrected chi connectivity index (χ1v) is 6.40. The molecule has 1 aromatic carbocycles. The van der Waals surface area contributed by atoms with E-state index in [4.69, 9.17) is 26.8 Å². The van der Waals surface area contributed by atoms with Crippen molar-refractivity contribution in [2.24, 2.45) is 5.73 Å². The molecule has 0 heterocycles. The molecule has 0 aromatic heterocycles. The van der Waals surface area contributed by atoms with Gasteiger partial charge in [-0.15, -0.1) is 0 Å². The number of rotatable bonds is 5. The van der Waals surface area contributed by atoms with Crippen molar-refractivity contribution in [1.82, 2.24) is 0 Å². The second kappa shape index (κ2) is 6.52. The second-order valence-electron chi connectivity index (χ2n) is 3.84. The van der Waals surface area contributed by atoms with Gasteiger partial charge < -0.3 is 15.2 Å². The second-order valence-corrected chi connectivity index (χ2v) is 5.10. The number of halogens is 2. The third-order valence-electron chi connectivity index (χ3n) is 2.66. The van der Waals surface area contributed by atoms with Gasteiger partial charge in [-0.25, -0.2) is 0 Å². The molecule has 0 aliphatic carbocycles. The molecule has 0 saturated carbocycles. The molecular weight excluding hydrogens is 321 g/mol. The molecule has 0 aliphatic heterocycles. The van der Waals surface area contributed by atoms with Gasteiger partial charge in [-0.05, 0) is 30.2 Å². The lowest BCUT2D eigenvalue weighted by molar-refractivity contribution is -0.143. The maximum atomic E-state index is 11.6. The van der Waals surface area contributed by atoms with E-state index in [0.717, 1.165) is 10.0 Å². The minimum Gasteiger partial charge on any atom is -0.369 e. The molecule has 0 aliphatic rings. The van der Waals surface area contributed by atoms with Crippen LogP contribution in [0.25, 0.3) is 0 Å². The van der Waals surface area contributed by atoms with Crippen LogP contribution in [0.5, 0.6) is 0 Å². The van der Waals surface area contributed by atoms with Gasteiger partial charge in [0.25, 0.3) is 0 Å². The van der Waals surface area contributed by atoms with Gasteiger partial charge in [-0.1, -0.05) is 27.5 Å². The van der Waals surface area contributed by atoms with Crippen molar-refractivity contribution in [3.05, 3.63) is 32.8 Å². The highest BCUT2D eigenvalue weighted by Gasteiger charge is 2.30. The van der Waals surface area contributed by atoms with Crippen molar-refractivity contribution in [2.45, 2.75) is 19.1 Å². The van der Waals surface area contributed by atoms with Gasteiger partial charge in [0.15, 0.2) is 6.29 Å². The lowest BCUT2D eigenvalue weighted by atomic mass is 9.96. The van der Waals surface area contributed by atoms with Crippen LogP contribution in [0.1, 0.15) is 17.0 Å². The van der Waals surface area contributed by atoms with Crippen molar-refractivity contribution in [3.8, 4) is 0 Å². The van der Waals surface area contributed by atoms with Crippen molar-refractivity contribution in [2.75, 3.05) is 14.2 Å². The van der Waals surface area contributed by atoms with Crippen LogP contribution in [0.2, 0.25) is 5.02 Å². The van der Waals surface area contributed by atoms with E-state index in [0.29, 0.717) is 10.6 Å². The highest BCUT2D eigenvalue weighted by Crippen LogP contribution is 2.33. The molecule has 0 fully saturated rings. The van der Waals surface area contributed by atoms with Gasteiger partial charge in [-0.2, -0.15) is 0 Å². The average Bonchev–Trinajstić information content (AvgIpc) is 2.31. The van der Waals surface area contributed by atoms with E-state index in [1.165, 1.54) is 14.2 Å². The molecule has 1 unspecified atom stereocenters. The average molecular weight is 337 g/mol. The summed E-state index contributed by atoms with van der Waals surface area (Å²) in [5.74, 6) is -1.31. The summed E-state index contributed by atoms with van der Waals surface area (Å²) in [6, 6.07) is 3.53. The number of carbonyl (C=O) groups excluding carboxylic acids is 1. The van der Waals surface area contributed by atoms with E-state index in [-0.39, 0.29) is 0 Å². The Bertz CT molecular complexity index is 449. The van der Waals surface area contributed by atoms with Crippen LogP contribution < -0.4 is 5.73 Å². The number of ether oxygens (including phenoxy) is 2. The van der Waals surface area contributed by atoms with Gasteiger partial charge >= 0.3 is 0 Å². The predicted molar refractivity (Wildman–Crippen MR) is 73.6 cm³/mol. The lowest BCUT2D eigenvalue weighted by Gasteiger charge is -2.23. The summed E-state index contributed by atoms with van der Waals surface area (Å²) >= 11 is 9.56. The zero-order valence-corrected chi connectivity index (χ0v) is 12.7. The fourth-order valence-electron chi connectivity index (χ4n) is 1.70. The molecule has 0 spiro atoms. The number of primary amides is 1. The minimum atomic E-state index is -0.769. The first-order chi connectivity index (χ1) is 8.42. The number of carbonyl (C=O) groups is 1. The molecule has 1 rings (SSSR count). The molecule has 1 amide bonds. The first-order valence-electron chi connectivity index (χ1n) is 5.22. The Morgan fingerprint density at radius 2 is 1.94 bits per heavy atom. The third-order valence-corrected chi connectivity index (χ3v) is 3.84. The number of hydrogen-bond donors (Lipinski definition) is 1. The zero-order chi connectivity index (χ0) is 13.9. The van der Waals surface area contributed by atoms with E-state index in [9.17, 15) is 4.79 Å². The minimum absolute atomic E-state index is 0.457. The molecule has 1 aromatic rings. The number of methoxy groups -OCH3 is 2. The fourth-order valence-corrected chi connectivity index (χ4v) is 2.40. The van der Waals surface area contributed by atoms with Crippen LogP contribution in [0.3, 0.4) is 0 Å². The van der Waals surface area contributed by atoms with E-state index in [1.54, 1.807) is 12.1 Å². The van der Waals surface area contributed by atoms with E-state index >= 15 is 0 Å². The molecule has 2 N–H and O–H groups in total. The lowest BCUT2D eigenvalue weighted by Crippen LogP contribution is -2.34. The smallest absolute Gasteiger partial charge is 0.230 e. The molecule has 0 saturated heterocycles. The van der Waals surface area contributed by atoms with Crippen LogP contribution in [0.4, 0.5) is 0 Å².